The Morgan fingerprint density at radius 2 is 0.605 bits per heavy atom. The molecule has 0 saturated carbocycles. The normalized spacial score (nSPS) is 11.7. The van der Waals surface area contributed by atoms with E-state index in [2.05, 4.69) is 74.5 Å². The summed E-state index contributed by atoms with van der Waals surface area (Å²) in [6, 6.07) is 23.0. The summed E-state index contributed by atoms with van der Waals surface area (Å²) in [5.74, 6) is 0. The Balaban J connectivity index is 1.85. The van der Waals surface area contributed by atoms with Crippen molar-refractivity contribution in [2.24, 2.45) is 0 Å². The zero-order valence-electron chi connectivity index (χ0n) is 25.5. The lowest BCUT2D eigenvalue weighted by Gasteiger charge is -2.36. The molecule has 0 radical (unpaired) electrons. The van der Waals surface area contributed by atoms with Gasteiger partial charge in [0.15, 0.2) is 0 Å². The second-order valence-corrected chi connectivity index (χ2v) is 12.0. The molecule has 0 saturated heterocycles. The fraction of sp³-hybridized carbons (Fsp3) is 0.684. The molecule has 0 aliphatic carbocycles. The Labute approximate surface area is 238 Å². The number of hydrogen-bond acceptors (Lipinski definition) is 0. The Bertz CT molecular complexity index is 707. The van der Waals surface area contributed by atoms with Crippen molar-refractivity contribution in [3.63, 3.8) is 0 Å². The standard InChI is InChI=1S/C38H62/c1-3-5-7-9-11-13-15-17-19-21-29-35-38(36-30-24-22-25-31-36,37-32-26-23-27-33-37)34-28-20-18-16-14-12-10-8-6-4-2/h22-27,30-33H,3-21,28-29,34-35H2,1-2H3. The summed E-state index contributed by atoms with van der Waals surface area (Å²) in [5.41, 5.74) is 3.24. The first-order chi connectivity index (χ1) is 18.8. The van der Waals surface area contributed by atoms with E-state index in [1.165, 1.54) is 159 Å². The molecule has 0 N–H and O–H groups in total. The maximum atomic E-state index is 2.40. The third kappa shape index (κ3) is 13.5. The highest BCUT2D eigenvalue weighted by Gasteiger charge is 2.33. The Morgan fingerprint density at radius 1 is 0.342 bits per heavy atom. The fourth-order valence-corrected chi connectivity index (χ4v) is 6.39. The molecule has 0 aliphatic heterocycles. The summed E-state index contributed by atoms with van der Waals surface area (Å²) < 4.78 is 0. The summed E-state index contributed by atoms with van der Waals surface area (Å²) in [4.78, 5) is 0. The molecule has 0 unspecified atom stereocenters. The number of rotatable bonds is 25. The first-order valence-electron chi connectivity index (χ1n) is 16.9. The molecule has 0 atom stereocenters. The molecular weight excluding hydrogens is 456 g/mol. The largest absolute Gasteiger partial charge is 0.0654 e. The van der Waals surface area contributed by atoms with Crippen molar-refractivity contribution >= 4 is 0 Å². The average Bonchev–Trinajstić information content (AvgIpc) is 2.96. The van der Waals surface area contributed by atoms with Crippen molar-refractivity contribution < 1.29 is 0 Å². The van der Waals surface area contributed by atoms with Gasteiger partial charge in [0.1, 0.15) is 0 Å². The van der Waals surface area contributed by atoms with Crippen LogP contribution >= 0.6 is 0 Å². The van der Waals surface area contributed by atoms with Crippen molar-refractivity contribution in [3.05, 3.63) is 71.8 Å². The van der Waals surface area contributed by atoms with Gasteiger partial charge in [0, 0.05) is 5.41 Å². The monoisotopic (exact) mass is 518 g/mol. The minimum atomic E-state index is 0.169. The van der Waals surface area contributed by atoms with E-state index in [0.29, 0.717) is 0 Å². The maximum Gasteiger partial charge on any atom is 0.0202 e. The molecule has 38 heavy (non-hydrogen) atoms. The van der Waals surface area contributed by atoms with E-state index in [0.717, 1.165) is 0 Å². The van der Waals surface area contributed by atoms with E-state index in [1.54, 1.807) is 0 Å². The van der Waals surface area contributed by atoms with Gasteiger partial charge in [0.2, 0.25) is 0 Å². The first kappa shape index (κ1) is 32.7. The molecule has 0 amide bonds. The van der Waals surface area contributed by atoms with Crippen molar-refractivity contribution in [1.82, 2.24) is 0 Å². The molecule has 2 rings (SSSR count). The highest BCUT2D eigenvalue weighted by molar-refractivity contribution is 5.39. The van der Waals surface area contributed by atoms with Gasteiger partial charge in [0.05, 0.1) is 0 Å². The highest BCUT2D eigenvalue weighted by atomic mass is 14.4. The van der Waals surface area contributed by atoms with Crippen LogP contribution in [0.2, 0.25) is 0 Å². The number of benzene rings is 2. The lowest BCUT2D eigenvalue weighted by atomic mass is 9.68. The Morgan fingerprint density at radius 3 is 0.895 bits per heavy atom. The molecule has 0 nitrogen and oxygen atoms in total. The van der Waals surface area contributed by atoms with E-state index in [-0.39, 0.29) is 5.41 Å². The third-order valence-corrected chi connectivity index (χ3v) is 8.82. The van der Waals surface area contributed by atoms with Crippen LogP contribution in [-0.4, -0.2) is 0 Å². The summed E-state index contributed by atoms with van der Waals surface area (Å²) in [7, 11) is 0. The molecule has 0 heterocycles. The minimum Gasteiger partial charge on any atom is -0.0654 e. The lowest BCUT2D eigenvalue weighted by Crippen LogP contribution is -2.28. The van der Waals surface area contributed by atoms with Crippen LogP contribution in [0.4, 0.5) is 0 Å². The number of hydrogen-bond donors (Lipinski definition) is 0. The van der Waals surface area contributed by atoms with Crippen molar-refractivity contribution in [1.29, 1.82) is 0 Å². The number of unbranched alkanes of at least 4 members (excludes halogenated alkanes) is 19. The molecule has 2 aromatic carbocycles. The molecule has 2 aromatic rings. The molecular formula is C38H62. The van der Waals surface area contributed by atoms with Gasteiger partial charge in [-0.1, -0.05) is 209 Å². The van der Waals surface area contributed by atoms with Crippen LogP contribution in [0.1, 0.15) is 173 Å². The van der Waals surface area contributed by atoms with E-state index >= 15 is 0 Å². The van der Waals surface area contributed by atoms with Gasteiger partial charge in [0.25, 0.3) is 0 Å². The van der Waals surface area contributed by atoms with Crippen LogP contribution in [0, 0.1) is 0 Å². The molecule has 0 aromatic heterocycles. The van der Waals surface area contributed by atoms with E-state index in [9.17, 15) is 0 Å². The molecule has 0 aliphatic rings. The molecule has 0 spiro atoms. The van der Waals surface area contributed by atoms with Gasteiger partial charge in [-0.2, -0.15) is 0 Å². The summed E-state index contributed by atoms with van der Waals surface area (Å²) in [6.07, 6.45) is 32.2. The summed E-state index contributed by atoms with van der Waals surface area (Å²) >= 11 is 0. The van der Waals surface area contributed by atoms with Gasteiger partial charge < -0.3 is 0 Å². The average molecular weight is 519 g/mol. The predicted octanol–water partition coefficient (Wildman–Crippen LogP) is 13.0. The summed E-state index contributed by atoms with van der Waals surface area (Å²) in [6.45, 7) is 4.61. The lowest BCUT2D eigenvalue weighted by molar-refractivity contribution is 0.389. The first-order valence-corrected chi connectivity index (χ1v) is 16.9. The van der Waals surface area contributed by atoms with E-state index in [4.69, 9.17) is 0 Å². The molecule has 0 heteroatoms. The zero-order chi connectivity index (χ0) is 27.0. The molecule has 214 valence electrons. The van der Waals surface area contributed by atoms with E-state index < -0.39 is 0 Å². The topological polar surface area (TPSA) is 0 Å². The molecule has 0 bridgehead atoms. The SMILES string of the molecule is CCCCCCCCCCCCCC(CCCCCCCCCCCC)(c1ccccc1)c1ccccc1. The highest BCUT2D eigenvalue weighted by Crippen LogP contribution is 2.42. The maximum absolute atomic E-state index is 2.40. The van der Waals surface area contributed by atoms with Crippen LogP contribution in [0.15, 0.2) is 60.7 Å². The fourth-order valence-electron chi connectivity index (χ4n) is 6.39. The quantitative estimate of drug-likeness (QED) is 0.115. The van der Waals surface area contributed by atoms with Crippen LogP contribution in [-0.2, 0) is 5.41 Å². The van der Waals surface area contributed by atoms with Crippen molar-refractivity contribution in [2.45, 2.75) is 167 Å². The van der Waals surface area contributed by atoms with Gasteiger partial charge in [-0.25, -0.2) is 0 Å². The van der Waals surface area contributed by atoms with Crippen LogP contribution in [0.5, 0.6) is 0 Å². The van der Waals surface area contributed by atoms with Crippen LogP contribution < -0.4 is 0 Å². The second-order valence-electron chi connectivity index (χ2n) is 12.0. The smallest absolute Gasteiger partial charge is 0.0202 e. The van der Waals surface area contributed by atoms with Gasteiger partial charge >= 0.3 is 0 Å². The zero-order valence-corrected chi connectivity index (χ0v) is 25.5. The van der Waals surface area contributed by atoms with Gasteiger partial charge in [-0.3, -0.25) is 0 Å². The van der Waals surface area contributed by atoms with E-state index in [1.807, 2.05) is 0 Å². The Hall–Kier alpha value is -1.56. The minimum absolute atomic E-state index is 0.169. The van der Waals surface area contributed by atoms with Crippen LogP contribution in [0.3, 0.4) is 0 Å². The predicted molar refractivity (Wildman–Crippen MR) is 171 cm³/mol. The van der Waals surface area contributed by atoms with Gasteiger partial charge in [-0.15, -0.1) is 0 Å². The van der Waals surface area contributed by atoms with Crippen LogP contribution in [0.25, 0.3) is 0 Å². The molecule has 0 fully saturated rings. The van der Waals surface area contributed by atoms with Crippen molar-refractivity contribution in [2.75, 3.05) is 0 Å². The Kier molecular flexibility index (Phi) is 19.1. The summed E-state index contributed by atoms with van der Waals surface area (Å²) in [5, 5.41) is 0. The van der Waals surface area contributed by atoms with Crippen molar-refractivity contribution in [3.8, 4) is 0 Å². The third-order valence-electron chi connectivity index (χ3n) is 8.82. The second kappa shape index (κ2) is 22.3. The van der Waals surface area contributed by atoms with Gasteiger partial charge in [-0.05, 0) is 24.0 Å².